The number of aliphatic hydroxyl groups is 1. The number of aromatic nitrogens is 2. The monoisotopic (exact) mass is 213 g/mol. The zero-order valence-corrected chi connectivity index (χ0v) is 8.83. The molecule has 1 aliphatic carbocycles. The molecule has 4 nitrogen and oxygen atoms in total. The fourth-order valence-electron chi connectivity index (χ4n) is 1.85. The van der Waals surface area contributed by atoms with Gasteiger partial charge < -0.3 is 10.4 Å². The van der Waals surface area contributed by atoms with Crippen molar-refractivity contribution in [3.05, 3.63) is 11.1 Å². The lowest BCUT2D eigenvalue weighted by Crippen LogP contribution is -2.41. The Hall–Kier alpha value is -0.520. The third-order valence-electron chi connectivity index (χ3n) is 2.67. The van der Waals surface area contributed by atoms with E-state index in [1.54, 1.807) is 6.20 Å². The van der Waals surface area contributed by atoms with Gasteiger partial charge >= 0.3 is 0 Å². The third-order valence-corrected chi connectivity index (χ3v) is 3.34. The molecule has 1 aromatic heterocycles. The van der Waals surface area contributed by atoms with Gasteiger partial charge in [0.05, 0.1) is 17.2 Å². The van der Waals surface area contributed by atoms with Gasteiger partial charge in [-0.2, -0.15) is 0 Å². The summed E-state index contributed by atoms with van der Waals surface area (Å²) in [7, 11) is 0. The van der Waals surface area contributed by atoms with Crippen LogP contribution in [-0.4, -0.2) is 26.8 Å². The van der Waals surface area contributed by atoms with Crippen LogP contribution in [0.25, 0.3) is 0 Å². The van der Waals surface area contributed by atoms with Crippen LogP contribution in [0, 0.1) is 0 Å². The van der Waals surface area contributed by atoms with Crippen molar-refractivity contribution in [1.29, 1.82) is 0 Å². The van der Waals surface area contributed by atoms with E-state index in [1.807, 2.05) is 0 Å². The van der Waals surface area contributed by atoms with Crippen LogP contribution in [0.3, 0.4) is 0 Å². The van der Waals surface area contributed by atoms with Crippen LogP contribution in [0.2, 0.25) is 0 Å². The summed E-state index contributed by atoms with van der Waals surface area (Å²) in [6.07, 6.45) is 5.97. The lowest BCUT2D eigenvalue weighted by Gasteiger charge is -2.28. The van der Waals surface area contributed by atoms with Crippen LogP contribution in [-0.2, 0) is 6.54 Å². The van der Waals surface area contributed by atoms with Crippen molar-refractivity contribution in [3.8, 4) is 0 Å². The molecule has 1 aromatic rings. The van der Waals surface area contributed by atoms with Gasteiger partial charge in [-0.15, -0.1) is 5.10 Å². The standard InChI is InChI=1S/C9H15N3OS/c13-9-4-2-1-3-8(9)10-5-7-6-11-12-14-7/h6,8-10,13H,1-5H2/t8-,9-/m0/s1. The first-order valence-corrected chi connectivity index (χ1v) is 5.81. The highest BCUT2D eigenvalue weighted by Gasteiger charge is 2.22. The Morgan fingerprint density at radius 2 is 2.36 bits per heavy atom. The van der Waals surface area contributed by atoms with Crippen LogP contribution in [0.1, 0.15) is 30.6 Å². The summed E-state index contributed by atoms with van der Waals surface area (Å²) in [6, 6.07) is 0.255. The normalized spacial score (nSPS) is 27.8. The summed E-state index contributed by atoms with van der Waals surface area (Å²) < 4.78 is 3.79. The summed E-state index contributed by atoms with van der Waals surface area (Å²) in [4.78, 5) is 1.13. The van der Waals surface area contributed by atoms with E-state index in [9.17, 15) is 5.11 Å². The van der Waals surface area contributed by atoms with E-state index in [0.29, 0.717) is 0 Å². The van der Waals surface area contributed by atoms with Crippen molar-refractivity contribution >= 4 is 11.5 Å². The van der Waals surface area contributed by atoms with Crippen LogP contribution in [0.15, 0.2) is 6.20 Å². The van der Waals surface area contributed by atoms with Gasteiger partial charge in [-0.05, 0) is 24.4 Å². The quantitative estimate of drug-likeness (QED) is 0.784. The lowest BCUT2D eigenvalue weighted by molar-refractivity contribution is 0.0904. The van der Waals surface area contributed by atoms with E-state index >= 15 is 0 Å². The molecule has 0 unspecified atom stereocenters. The second-order valence-corrected chi connectivity index (χ2v) is 4.59. The Morgan fingerprint density at radius 1 is 1.50 bits per heavy atom. The van der Waals surface area contributed by atoms with E-state index in [1.165, 1.54) is 18.0 Å². The summed E-state index contributed by atoms with van der Waals surface area (Å²) in [5.41, 5.74) is 0. The van der Waals surface area contributed by atoms with Crippen LogP contribution < -0.4 is 5.32 Å². The van der Waals surface area contributed by atoms with Crippen molar-refractivity contribution in [2.24, 2.45) is 0 Å². The van der Waals surface area contributed by atoms with Gasteiger partial charge in [-0.1, -0.05) is 17.3 Å². The SMILES string of the molecule is O[C@H]1CCCC[C@@H]1NCc1cnns1. The van der Waals surface area contributed by atoms with Gasteiger partial charge in [-0.3, -0.25) is 0 Å². The van der Waals surface area contributed by atoms with Gasteiger partial charge in [-0.25, -0.2) is 0 Å². The van der Waals surface area contributed by atoms with Gasteiger partial charge in [0.25, 0.3) is 0 Å². The highest BCUT2D eigenvalue weighted by Crippen LogP contribution is 2.18. The van der Waals surface area contributed by atoms with E-state index in [-0.39, 0.29) is 12.1 Å². The zero-order valence-electron chi connectivity index (χ0n) is 8.02. The summed E-state index contributed by atoms with van der Waals surface area (Å²) in [6.45, 7) is 0.777. The number of hydrogen-bond acceptors (Lipinski definition) is 5. The van der Waals surface area contributed by atoms with Crippen LogP contribution in [0.4, 0.5) is 0 Å². The minimum absolute atomic E-state index is 0.176. The van der Waals surface area contributed by atoms with Crippen molar-refractivity contribution in [3.63, 3.8) is 0 Å². The topological polar surface area (TPSA) is 58.0 Å². The molecule has 1 aliphatic rings. The molecule has 2 N–H and O–H groups in total. The fraction of sp³-hybridized carbons (Fsp3) is 0.778. The highest BCUT2D eigenvalue weighted by atomic mass is 32.1. The molecule has 14 heavy (non-hydrogen) atoms. The van der Waals surface area contributed by atoms with Crippen molar-refractivity contribution in [2.75, 3.05) is 0 Å². The summed E-state index contributed by atoms with van der Waals surface area (Å²) in [5.74, 6) is 0. The Balaban J connectivity index is 1.79. The van der Waals surface area contributed by atoms with E-state index < -0.39 is 0 Å². The zero-order chi connectivity index (χ0) is 9.80. The Labute approximate surface area is 87.5 Å². The summed E-state index contributed by atoms with van der Waals surface area (Å²) >= 11 is 1.41. The molecule has 5 heteroatoms. The van der Waals surface area contributed by atoms with Gasteiger partial charge in [0.2, 0.25) is 0 Å². The average molecular weight is 213 g/mol. The first kappa shape index (κ1) is 10.0. The van der Waals surface area contributed by atoms with E-state index in [4.69, 9.17) is 0 Å². The second kappa shape index (κ2) is 4.82. The Morgan fingerprint density at radius 3 is 3.07 bits per heavy atom. The van der Waals surface area contributed by atoms with Gasteiger partial charge in [0.1, 0.15) is 0 Å². The maximum absolute atomic E-state index is 9.71. The third kappa shape index (κ3) is 2.50. The molecule has 2 atom stereocenters. The molecule has 1 fully saturated rings. The van der Waals surface area contributed by atoms with Crippen LogP contribution in [0.5, 0.6) is 0 Å². The minimum Gasteiger partial charge on any atom is -0.392 e. The predicted octanol–water partition coefficient (Wildman–Crippen LogP) is 0.931. The number of nitrogens with zero attached hydrogens (tertiary/aromatic N) is 2. The van der Waals surface area contributed by atoms with Crippen molar-refractivity contribution in [1.82, 2.24) is 14.9 Å². The lowest BCUT2D eigenvalue weighted by atomic mass is 9.93. The molecule has 0 saturated heterocycles. The molecule has 0 spiro atoms. The van der Waals surface area contributed by atoms with Crippen LogP contribution >= 0.6 is 11.5 Å². The Kier molecular flexibility index (Phi) is 3.44. The Bertz CT molecular complexity index is 265. The van der Waals surface area contributed by atoms with E-state index in [0.717, 1.165) is 30.7 Å². The minimum atomic E-state index is -0.176. The molecule has 78 valence electrons. The number of hydrogen-bond donors (Lipinski definition) is 2. The average Bonchev–Trinajstić information content (AvgIpc) is 2.69. The molecular formula is C9H15N3OS. The molecule has 0 aromatic carbocycles. The van der Waals surface area contributed by atoms with Crippen molar-refractivity contribution < 1.29 is 5.11 Å². The molecule has 1 heterocycles. The molecule has 1 saturated carbocycles. The number of rotatable bonds is 3. The first-order valence-electron chi connectivity index (χ1n) is 5.04. The van der Waals surface area contributed by atoms with Crippen molar-refractivity contribution in [2.45, 2.75) is 44.4 Å². The molecule has 2 rings (SSSR count). The smallest absolute Gasteiger partial charge is 0.0693 e. The largest absolute Gasteiger partial charge is 0.392 e. The molecule has 0 aliphatic heterocycles. The first-order chi connectivity index (χ1) is 6.86. The molecule has 0 radical (unpaired) electrons. The predicted molar refractivity (Wildman–Crippen MR) is 55.0 cm³/mol. The number of nitrogens with one attached hydrogen (secondary N) is 1. The number of aliphatic hydroxyl groups excluding tert-OH is 1. The highest BCUT2D eigenvalue weighted by molar-refractivity contribution is 7.05. The summed E-state index contributed by atoms with van der Waals surface area (Å²) in [5, 5.41) is 16.8. The molecule has 0 bridgehead atoms. The second-order valence-electron chi connectivity index (χ2n) is 3.72. The fourth-order valence-corrected chi connectivity index (χ4v) is 2.29. The van der Waals surface area contributed by atoms with Gasteiger partial charge in [0.15, 0.2) is 0 Å². The molecule has 0 amide bonds. The van der Waals surface area contributed by atoms with Gasteiger partial charge in [0, 0.05) is 12.6 Å². The molecular weight excluding hydrogens is 198 g/mol. The van der Waals surface area contributed by atoms with E-state index in [2.05, 4.69) is 14.9 Å². The maximum atomic E-state index is 9.71. The maximum Gasteiger partial charge on any atom is 0.0693 e.